The quantitative estimate of drug-likeness (QED) is 0.570. The maximum atomic E-state index is 10.9. The summed E-state index contributed by atoms with van der Waals surface area (Å²) in [7, 11) is 0. The Balaban J connectivity index is 0. The van der Waals surface area contributed by atoms with Crippen LogP contribution >= 0.6 is 0 Å². The molecule has 0 aliphatic heterocycles. The van der Waals surface area contributed by atoms with E-state index in [0.717, 1.165) is 18.3 Å². The Hall–Kier alpha value is -0.590. The van der Waals surface area contributed by atoms with Crippen LogP contribution in [0.1, 0.15) is 80.6 Å². The van der Waals surface area contributed by atoms with Crippen LogP contribution in [0.3, 0.4) is 0 Å². The second-order valence-corrected chi connectivity index (χ2v) is 4.85. The Morgan fingerprint density at radius 1 is 1.00 bits per heavy atom. The van der Waals surface area contributed by atoms with E-state index < -0.39 is 0 Å². The Morgan fingerprint density at radius 2 is 1.53 bits per heavy atom. The van der Waals surface area contributed by atoms with Crippen molar-refractivity contribution in [3.63, 3.8) is 0 Å². The minimum atomic E-state index is 0.253. The van der Waals surface area contributed by atoms with Crippen molar-refractivity contribution in [2.75, 3.05) is 0 Å². The summed E-state index contributed by atoms with van der Waals surface area (Å²) in [6, 6.07) is 0. The van der Waals surface area contributed by atoms with Gasteiger partial charge in [-0.3, -0.25) is 4.79 Å². The first-order valence-corrected chi connectivity index (χ1v) is 8.37. The molecule has 19 heavy (non-hydrogen) atoms. The Bertz CT molecular complexity index is 228. The van der Waals surface area contributed by atoms with Gasteiger partial charge in [-0.2, -0.15) is 0 Å². The second-order valence-electron chi connectivity index (χ2n) is 4.85. The predicted molar refractivity (Wildman–Crippen MR) is 87.4 cm³/mol. The molecule has 0 aromatic rings. The Morgan fingerprint density at radius 3 is 1.84 bits per heavy atom. The highest BCUT2D eigenvalue weighted by atomic mass is 16.1. The van der Waals surface area contributed by atoms with Gasteiger partial charge in [0.1, 0.15) is 5.78 Å². The van der Waals surface area contributed by atoms with Crippen LogP contribution in [-0.4, -0.2) is 5.78 Å². The monoisotopic (exact) mass is 268 g/mol. The third-order valence-corrected chi connectivity index (χ3v) is 3.35. The normalized spacial score (nSPS) is 25.3. The highest BCUT2D eigenvalue weighted by molar-refractivity contribution is 5.80. The van der Waals surface area contributed by atoms with Gasteiger partial charge >= 0.3 is 0 Å². The molecule has 0 bridgehead atoms. The van der Waals surface area contributed by atoms with Gasteiger partial charge in [0.25, 0.3) is 0 Å². The topological polar surface area (TPSA) is 17.1 Å². The number of hydrogen-bond donors (Lipinski definition) is 0. The summed E-state index contributed by atoms with van der Waals surface area (Å²) in [5.74, 6) is 2.29. The summed E-state index contributed by atoms with van der Waals surface area (Å²) in [5, 5.41) is 0. The zero-order chi connectivity index (χ0) is 15.3. The lowest BCUT2D eigenvalue weighted by Gasteiger charge is -2.11. The first-order valence-electron chi connectivity index (χ1n) is 8.37. The minimum Gasteiger partial charge on any atom is -0.299 e. The minimum absolute atomic E-state index is 0.253. The van der Waals surface area contributed by atoms with Crippen LogP contribution in [0.25, 0.3) is 0 Å². The van der Waals surface area contributed by atoms with E-state index in [1.54, 1.807) is 6.92 Å². The first kappa shape index (κ1) is 20.7. The lowest BCUT2D eigenvalue weighted by atomic mass is 9.93. The lowest BCUT2D eigenvalue weighted by molar-refractivity contribution is -0.119. The van der Waals surface area contributed by atoms with Crippen LogP contribution in [0.2, 0.25) is 0 Å². The molecule has 1 heteroatoms. The van der Waals surface area contributed by atoms with Crippen LogP contribution in [0.5, 0.6) is 0 Å². The van der Waals surface area contributed by atoms with E-state index in [1.807, 2.05) is 27.7 Å². The molecule has 0 heterocycles. The standard InChI is InChI=1S/C9H12O.C5H12.2C2H6/c1-6(10)7-2-3-8-5-9(8)4-7;1-3-5-4-2;2*1-2/h2-3,7-9H,4-5H2,1H3;3-5H2,1-2H3;2*1-2H3/t7-,8?,9?;;;/m1.../s1. The summed E-state index contributed by atoms with van der Waals surface area (Å²) in [6.07, 6.45) is 10.8. The van der Waals surface area contributed by atoms with Gasteiger partial charge in [0.05, 0.1) is 0 Å². The van der Waals surface area contributed by atoms with Gasteiger partial charge in [-0.15, -0.1) is 0 Å². The third-order valence-electron chi connectivity index (χ3n) is 3.35. The molecule has 3 atom stereocenters. The van der Waals surface area contributed by atoms with Gasteiger partial charge in [-0.05, 0) is 31.6 Å². The van der Waals surface area contributed by atoms with Gasteiger partial charge in [-0.1, -0.05) is 73.0 Å². The van der Waals surface area contributed by atoms with Crippen LogP contribution in [0.4, 0.5) is 0 Å². The average Bonchev–Trinajstić information content (AvgIpc) is 3.23. The number of ketones is 1. The molecule has 0 radical (unpaired) electrons. The number of fused-ring (bicyclic) bond motifs is 1. The molecule has 0 spiro atoms. The molecule has 2 aliphatic carbocycles. The van der Waals surface area contributed by atoms with Crippen molar-refractivity contribution in [2.45, 2.75) is 80.6 Å². The number of rotatable bonds is 3. The zero-order valence-corrected chi connectivity index (χ0v) is 14.3. The van der Waals surface area contributed by atoms with Crippen LogP contribution in [0.15, 0.2) is 12.2 Å². The van der Waals surface area contributed by atoms with E-state index in [4.69, 9.17) is 0 Å². The van der Waals surface area contributed by atoms with E-state index in [9.17, 15) is 4.79 Å². The van der Waals surface area contributed by atoms with Crippen LogP contribution < -0.4 is 0 Å². The summed E-state index contributed by atoms with van der Waals surface area (Å²) < 4.78 is 0. The number of Topliss-reactive ketones (excluding diaryl/α,β-unsaturated/α-hetero) is 1. The number of allylic oxidation sites excluding steroid dienone is 2. The molecule has 2 aliphatic rings. The third kappa shape index (κ3) is 9.92. The molecule has 0 amide bonds. The first-order chi connectivity index (χ1) is 9.19. The van der Waals surface area contributed by atoms with E-state index >= 15 is 0 Å². The number of hydrogen-bond acceptors (Lipinski definition) is 1. The molecular formula is C18H36O. The Kier molecular flexibility index (Phi) is 15.1. The number of carbonyl (C=O) groups is 1. The maximum Gasteiger partial charge on any atom is 0.136 e. The molecule has 1 fully saturated rings. The second kappa shape index (κ2) is 13.8. The fourth-order valence-electron chi connectivity index (χ4n) is 2.11. The molecule has 114 valence electrons. The van der Waals surface area contributed by atoms with Crippen LogP contribution in [0, 0.1) is 17.8 Å². The molecule has 0 saturated heterocycles. The molecule has 0 aromatic carbocycles. The molecule has 0 N–H and O–H groups in total. The molecule has 0 aromatic heterocycles. The van der Waals surface area contributed by atoms with E-state index in [2.05, 4.69) is 26.0 Å². The maximum absolute atomic E-state index is 10.9. The van der Waals surface area contributed by atoms with Crippen molar-refractivity contribution < 1.29 is 4.79 Å². The molecule has 2 rings (SSSR count). The van der Waals surface area contributed by atoms with Crippen molar-refractivity contribution in [2.24, 2.45) is 17.8 Å². The largest absolute Gasteiger partial charge is 0.299 e. The zero-order valence-electron chi connectivity index (χ0n) is 14.3. The molecular weight excluding hydrogens is 232 g/mol. The summed E-state index contributed by atoms with van der Waals surface area (Å²) in [4.78, 5) is 10.9. The highest BCUT2D eigenvalue weighted by Crippen LogP contribution is 2.47. The fourth-order valence-corrected chi connectivity index (χ4v) is 2.11. The van der Waals surface area contributed by atoms with E-state index in [0.29, 0.717) is 5.78 Å². The van der Waals surface area contributed by atoms with Crippen molar-refractivity contribution >= 4 is 5.78 Å². The van der Waals surface area contributed by atoms with Crippen molar-refractivity contribution in [3.05, 3.63) is 12.2 Å². The Labute approximate surface area is 121 Å². The van der Waals surface area contributed by atoms with Crippen molar-refractivity contribution in [3.8, 4) is 0 Å². The molecule has 1 nitrogen and oxygen atoms in total. The van der Waals surface area contributed by atoms with E-state index in [-0.39, 0.29) is 5.92 Å². The van der Waals surface area contributed by atoms with Crippen molar-refractivity contribution in [1.29, 1.82) is 0 Å². The SMILES string of the molecule is CC.CC.CC(=O)[C@@H]1C=CC2CC2C1.CCCCC. The van der Waals surface area contributed by atoms with E-state index in [1.165, 1.54) is 25.7 Å². The van der Waals surface area contributed by atoms with Gasteiger partial charge in [-0.25, -0.2) is 0 Å². The summed E-state index contributed by atoms with van der Waals surface area (Å²) >= 11 is 0. The summed E-state index contributed by atoms with van der Waals surface area (Å²) in [6.45, 7) is 14.1. The lowest BCUT2D eigenvalue weighted by Crippen LogP contribution is -2.11. The van der Waals surface area contributed by atoms with Gasteiger partial charge in [0.2, 0.25) is 0 Å². The van der Waals surface area contributed by atoms with Gasteiger partial charge < -0.3 is 0 Å². The number of carbonyl (C=O) groups excluding carboxylic acids is 1. The smallest absolute Gasteiger partial charge is 0.136 e. The highest BCUT2D eigenvalue weighted by Gasteiger charge is 2.39. The predicted octanol–water partition coefficient (Wildman–Crippen LogP) is 6.04. The van der Waals surface area contributed by atoms with Gasteiger partial charge in [0, 0.05) is 5.92 Å². The summed E-state index contributed by atoms with van der Waals surface area (Å²) in [5.41, 5.74) is 0. The number of unbranched alkanes of at least 4 members (excludes halogenated alkanes) is 2. The van der Waals surface area contributed by atoms with Crippen LogP contribution in [-0.2, 0) is 4.79 Å². The molecule has 2 unspecified atom stereocenters. The van der Waals surface area contributed by atoms with Gasteiger partial charge in [0.15, 0.2) is 0 Å². The van der Waals surface area contributed by atoms with Crippen molar-refractivity contribution in [1.82, 2.24) is 0 Å². The fraction of sp³-hybridized carbons (Fsp3) is 0.833. The molecule has 1 saturated carbocycles. The average molecular weight is 268 g/mol.